The van der Waals surface area contributed by atoms with E-state index >= 15 is 0 Å². The maximum Gasteiger partial charge on any atom is 0.301 e. The molecule has 1 aromatic rings. The van der Waals surface area contributed by atoms with E-state index < -0.39 is 0 Å². The van der Waals surface area contributed by atoms with Crippen LogP contribution < -0.4 is 4.57 Å². The maximum atomic E-state index is 4.90. The average molecular weight is 219 g/mol. The molecule has 0 radical (unpaired) electrons. The average Bonchev–Trinajstić information content (AvgIpc) is 2.27. The van der Waals surface area contributed by atoms with E-state index in [0.717, 1.165) is 0 Å². The summed E-state index contributed by atoms with van der Waals surface area (Å²) in [6, 6.07) is 0.511. The molecule has 1 aromatic heterocycles. The number of nitrogens with zero attached hydrogens (tertiary/aromatic N) is 2. The van der Waals surface area contributed by atoms with Crippen LogP contribution in [0.15, 0.2) is 6.20 Å². The van der Waals surface area contributed by atoms with Crippen molar-refractivity contribution in [1.29, 1.82) is 0 Å². The lowest BCUT2D eigenvalue weighted by atomic mass is 9.96. The van der Waals surface area contributed by atoms with E-state index in [4.69, 9.17) is 4.98 Å². The van der Waals surface area contributed by atoms with Crippen molar-refractivity contribution in [2.75, 3.05) is 0 Å². The van der Waals surface area contributed by atoms with Crippen LogP contribution in [0.5, 0.6) is 0 Å². The van der Waals surface area contributed by atoms with E-state index in [1.807, 2.05) is 0 Å². The van der Waals surface area contributed by atoms with Crippen LogP contribution in [0, 0.1) is 0 Å². The second kappa shape index (κ2) is 4.52. The lowest BCUT2D eigenvalue weighted by molar-refractivity contribution is -0.727. The van der Waals surface area contributed by atoms with Gasteiger partial charge in [0.1, 0.15) is 0 Å². The van der Waals surface area contributed by atoms with Crippen molar-refractivity contribution in [2.24, 2.45) is 0 Å². The fraction of sp³-hybridized carbons (Fsp3) is 0.714. The Bertz CT molecular complexity index is 344. The Labute approximate surface area is 98.7 Å². The van der Waals surface area contributed by atoms with E-state index in [1.165, 1.54) is 42.8 Å². The Kier molecular flexibility index (Phi) is 3.27. The molecule has 1 heterocycles. The molecule has 0 atom stereocenters. The summed E-state index contributed by atoms with van der Waals surface area (Å²) in [6.45, 7) is 8.94. The van der Waals surface area contributed by atoms with Crippen LogP contribution in [0.25, 0.3) is 0 Å². The highest BCUT2D eigenvalue weighted by molar-refractivity contribution is 5.18. The molecule has 0 bridgehead atoms. The predicted molar refractivity (Wildman–Crippen MR) is 65.5 cm³/mol. The summed E-state index contributed by atoms with van der Waals surface area (Å²) < 4.78 is 2.36. The molecule has 0 fully saturated rings. The highest BCUT2D eigenvalue weighted by atomic mass is 15.1. The first-order chi connectivity index (χ1) is 7.59. The summed E-state index contributed by atoms with van der Waals surface area (Å²) in [5.41, 5.74) is 2.83. The first-order valence-electron chi connectivity index (χ1n) is 6.53. The van der Waals surface area contributed by atoms with Gasteiger partial charge in [-0.25, -0.2) is 4.57 Å². The Morgan fingerprint density at radius 3 is 2.44 bits per heavy atom. The maximum absolute atomic E-state index is 4.90. The molecule has 0 spiro atoms. The van der Waals surface area contributed by atoms with Crippen molar-refractivity contribution in [1.82, 2.24) is 4.98 Å². The quantitative estimate of drug-likeness (QED) is 0.699. The van der Waals surface area contributed by atoms with Gasteiger partial charge in [0.15, 0.2) is 5.69 Å². The lowest BCUT2D eigenvalue weighted by Crippen LogP contribution is -2.43. The summed E-state index contributed by atoms with van der Waals surface area (Å²) in [5.74, 6) is 1.75. The summed E-state index contributed by atoms with van der Waals surface area (Å²) in [4.78, 5) is 4.90. The normalized spacial score (nSPS) is 15.6. The second-order valence-electron chi connectivity index (χ2n) is 5.43. The van der Waals surface area contributed by atoms with Crippen LogP contribution in [0.4, 0.5) is 0 Å². The van der Waals surface area contributed by atoms with Gasteiger partial charge in [-0.05, 0) is 33.1 Å². The number of aryl methyl sites for hydroxylation is 2. The van der Waals surface area contributed by atoms with Crippen LogP contribution >= 0.6 is 0 Å². The van der Waals surface area contributed by atoms with Gasteiger partial charge in [0.25, 0.3) is 0 Å². The molecule has 0 saturated carbocycles. The van der Waals surface area contributed by atoms with Crippen molar-refractivity contribution >= 4 is 0 Å². The van der Waals surface area contributed by atoms with Crippen LogP contribution in [0.1, 0.15) is 69.6 Å². The highest BCUT2D eigenvalue weighted by Gasteiger charge is 2.25. The number of aromatic nitrogens is 2. The monoisotopic (exact) mass is 219 g/mol. The molecule has 16 heavy (non-hydrogen) atoms. The zero-order valence-corrected chi connectivity index (χ0v) is 11.0. The zero-order chi connectivity index (χ0) is 11.7. The molecule has 0 aliphatic heterocycles. The molecule has 2 nitrogen and oxygen atoms in total. The standard InChI is InChI=1S/C14H23N2/c1-10(2)14-15-13-8-6-5-7-12(13)9-16(14)11(3)4/h9-11H,5-8H2,1-4H3/q+1. The van der Waals surface area contributed by atoms with E-state index in [1.54, 1.807) is 0 Å². The van der Waals surface area contributed by atoms with Crippen LogP contribution in [0.2, 0.25) is 0 Å². The largest absolute Gasteiger partial charge is 0.301 e. The van der Waals surface area contributed by atoms with Crippen LogP contribution in [-0.2, 0) is 12.8 Å². The molecule has 0 N–H and O–H groups in total. The number of fused-ring (bicyclic) bond motifs is 1. The number of rotatable bonds is 2. The van der Waals surface area contributed by atoms with Crippen molar-refractivity contribution in [3.05, 3.63) is 23.3 Å². The zero-order valence-electron chi connectivity index (χ0n) is 11.0. The first kappa shape index (κ1) is 11.6. The molecule has 88 valence electrons. The minimum Gasteiger partial charge on any atom is -0.232 e. The Morgan fingerprint density at radius 1 is 1.12 bits per heavy atom. The van der Waals surface area contributed by atoms with Crippen molar-refractivity contribution in [2.45, 2.75) is 65.3 Å². The smallest absolute Gasteiger partial charge is 0.232 e. The van der Waals surface area contributed by atoms with E-state index in [2.05, 4.69) is 38.5 Å². The SMILES string of the molecule is CC(C)c1nc2c(c[n+]1C(C)C)CCCC2. The molecular formula is C14H23N2+. The molecule has 0 saturated heterocycles. The summed E-state index contributed by atoms with van der Waals surface area (Å²) >= 11 is 0. The van der Waals surface area contributed by atoms with Crippen molar-refractivity contribution < 1.29 is 4.57 Å². The third-order valence-electron chi connectivity index (χ3n) is 3.36. The topological polar surface area (TPSA) is 16.8 Å². The molecule has 0 unspecified atom stereocenters. The third-order valence-corrected chi connectivity index (χ3v) is 3.36. The molecule has 1 aliphatic carbocycles. The molecule has 2 rings (SSSR count). The summed E-state index contributed by atoms with van der Waals surface area (Å²) in [5, 5.41) is 0. The predicted octanol–water partition coefficient (Wildman–Crippen LogP) is 2.95. The fourth-order valence-corrected chi connectivity index (χ4v) is 2.45. The minimum absolute atomic E-state index is 0.509. The van der Waals surface area contributed by atoms with Gasteiger partial charge in [0, 0.05) is 12.0 Å². The summed E-state index contributed by atoms with van der Waals surface area (Å²) in [7, 11) is 0. The Morgan fingerprint density at radius 2 is 1.81 bits per heavy atom. The molecular weight excluding hydrogens is 196 g/mol. The molecule has 0 amide bonds. The second-order valence-corrected chi connectivity index (χ2v) is 5.43. The van der Waals surface area contributed by atoms with Gasteiger partial charge in [-0.1, -0.05) is 18.8 Å². The fourth-order valence-electron chi connectivity index (χ4n) is 2.45. The third kappa shape index (κ3) is 2.11. The van der Waals surface area contributed by atoms with Gasteiger partial charge in [-0.3, -0.25) is 0 Å². The molecule has 2 heteroatoms. The van der Waals surface area contributed by atoms with Crippen molar-refractivity contribution in [3.8, 4) is 0 Å². The van der Waals surface area contributed by atoms with Gasteiger partial charge in [-0.15, -0.1) is 0 Å². The van der Waals surface area contributed by atoms with Crippen molar-refractivity contribution in [3.63, 3.8) is 0 Å². The van der Waals surface area contributed by atoms with Crippen LogP contribution in [0.3, 0.4) is 0 Å². The van der Waals surface area contributed by atoms with Crippen LogP contribution in [-0.4, -0.2) is 4.98 Å². The molecule has 0 aromatic carbocycles. The highest BCUT2D eigenvalue weighted by Crippen LogP contribution is 2.20. The van der Waals surface area contributed by atoms with Gasteiger partial charge in [0.2, 0.25) is 0 Å². The number of hydrogen-bond acceptors (Lipinski definition) is 1. The first-order valence-corrected chi connectivity index (χ1v) is 6.53. The Hall–Kier alpha value is -0.920. The Balaban J connectivity index is 2.50. The van der Waals surface area contributed by atoms with E-state index in [0.29, 0.717) is 12.0 Å². The van der Waals surface area contributed by atoms with Gasteiger partial charge in [-0.2, -0.15) is 0 Å². The van der Waals surface area contributed by atoms with Gasteiger partial charge >= 0.3 is 5.82 Å². The summed E-state index contributed by atoms with van der Waals surface area (Å²) in [6.07, 6.45) is 7.37. The minimum atomic E-state index is 0.509. The van der Waals surface area contributed by atoms with Gasteiger partial charge < -0.3 is 0 Å². The number of hydrogen-bond donors (Lipinski definition) is 0. The van der Waals surface area contributed by atoms with Gasteiger partial charge in [0.05, 0.1) is 18.2 Å². The van der Waals surface area contributed by atoms with E-state index in [-0.39, 0.29) is 0 Å². The van der Waals surface area contributed by atoms with E-state index in [9.17, 15) is 0 Å². The molecule has 1 aliphatic rings. The lowest BCUT2D eigenvalue weighted by Gasteiger charge is -2.16.